The van der Waals surface area contributed by atoms with Crippen molar-refractivity contribution in [2.24, 2.45) is 5.92 Å². The maximum atomic E-state index is 12.3. The second-order valence-electron chi connectivity index (χ2n) is 6.50. The summed E-state index contributed by atoms with van der Waals surface area (Å²) in [6, 6.07) is 11.2. The van der Waals surface area contributed by atoms with E-state index >= 15 is 0 Å². The van der Waals surface area contributed by atoms with E-state index in [-0.39, 0.29) is 17.7 Å². The Morgan fingerprint density at radius 3 is 2.73 bits per heavy atom. The summed E-state index contributed by atoms with van der Waals surface area (Å²) in [5.74, 6) is 0.602. The van der Waals surface area contributed by atoms with E-state index in [4.69, 9.17) is 0 Å². The van der Waals surface area contributed by atoms with Gasteiger partial charge < -0.3 is 16.0 Å². The van der Waals surface area contributed by atoms with E-state index < -0.39 is 0 Å². The molecule has 26 heavy (non-hydrogen) atoms. The highest BCUT2D eigenvalue weighted by Crippen LogP contribution is 2.26. The molecule has 1 saturated carbocycles. The van der Waals surface area contributed by atoms with E-state index in [9.17, 15) is 9.59 Å². The van der Waals surface area contributed by atoms with Crippen LogP contribution in [0.5, 0.6) is 0 Å². The van der Waals surface area contributed by atoms with Crippen LogP contribution in [0.4, 0.5) is 11.5 Å². The molecule has 3 rings (SSSR count). The molecule has 2 amide bonds. The van der Waals surface area contributed by atoms with Crippen molar-refractivity contribution in [3.05, 3.63) is 53.7 Å². The van der Waals surface area contributed by atoms with Gasteiger partial charge in [-0.05, 0) is 42.7 Å². The highest BCUT2D eigenvalue weighted by molar-refractivity contribution is 5.98. The Balaban J connectivity index is 1.64. The van der Waals surface area contributed by atoms with E-state index in [0.29, 0.717) is 17.9 Å². The van der Waals surface area contributed by atoms with Crippen LogP contribution in [0.1, 0.15) is 41.6 Å². The fourth-order valence-corrected chi connectivity index (χ4v) is 3.24. The highest BCUT2D eigenvalue weighted by atomic mass is 16.2. The number of benzene rings is 1. The van der Waals surface area contributed by atoms with Gasteiger partial charge in [-0.15, -0.1) is 0 Å². The Morgan fingerprint density at radius 1 is 1.15 bits per heavy atom. The van der Waals surface area contributed by atoms with Gasteiger partial charge in [-0.25, -0.2) is 4.98 Å². The average molecular weight is 352 g/mol. The molecule has 1 aromatic carbocycles. The smallest absolute Gasteiger partial charge is 0.254 e. The maximum absolute atomic E-state index is 12.3. The first kappa shape index (κ1) is 17.9. The number of nitrogens with zero attached hydrogens (tertiary/aromatic N) is 1. The van der Waals surface area contributed by atoms with E-state index in [0.717, 1.165) is 36.9 Å². The van der Waals surface area contributed by atoms with Crippen LogP contribution in [0, 0.1) is 5.92 Å². The van der Waals surface area contributed by atoms with Crippen LogP contribution >= 0.6 is 0 Å². The van der Waals surface area contributed by atoms with Gasteiger partial charge in [0, 0.05) is 31.4 Å². The second kappa shape index (κ2) is 8.47. The fourth-order valence-electron chi connectivity index (χ4n) is 3.24. The molecule has 3 N–H and O–H groups in total. The molecule has 0 radical (unpaired) electrons. The van der Waals surface area contributed by atoms with Gasteiger partial charge in [-0.2, -0.15) is 0 Å². The quantitative estimate of drug-likeness (QED) is 0.746. The van der Waals surface area contributed by atoms with Gasteiger partial charge in [0.25, 0.3) is 5.91 Å². The van der Waals surface area contributed by atoms with Crippen molar-refractivity contribution >= 4 is 23.3 Å². The van der Waals surface area contributed by atoms with Gasteiger partial charge >= 0.3 is 0 Å². The molecule has 136 valence electrons. The number of aromatic nitrogens is 1. The van der Waals surface area contributed by atoms with E-state index in [2.05, 4.69) is 20.9 Å². The molecule has 6 heteroatoms. The molecule has 0 atom stereocenters. The van der Waals surface area contributed by atoms with Crippen LogP contribution in [0.2, 0.25) is 0 Å². The number of amides is 2. The minimum Gasteiger partial charge on any atom is -0.365 e. The number of pyridine rings is 1. The molecular formula is C20H24N4O2. The summed E-state index contributed by atoms with van der Waals surface area (Å²) in [6.07, 6.45) is 5.89. The van der Waals surface area contributed by atoms with Crippen LogP contribution in [0.15, 0.2) is 42.6 Å². The summed E-state index contributed by atoms with van der Waals surface area (Å²) in [4.78, 5) is 28.4. The lowest BCUT2D eigenvalue weighted by Gasteiger charge is -2.13. The first-order valence-electron chi connectivity index (χ1n) is 8.98. The number of carbonyl (C=O) groups excluding carboxylic acids is 2. The summed E-state index contributed by atoms with van der Waals surface area (Å²) >= 11 is 0. The molecule has 2 aromatic rings. The van der Waals surface area contributed by atoms with Crippen LogP contribution in [0.25, 0.3) is 0 Å². The predicted molar refractivity (Wildman–Crippen MR) is 102 cm³/mol. The van der Waals surface area contributed by atoms with Crippen molar-refractivity contribution in [2.75, 3.05) is 17.7 Å². The van der Waals surface area contributed by atoms with Gasteiger partial charge in [0.2, 0.25) is 5.91 Å². The molecular weight excluding hydrogens is 328 g/mol. The lowest BCUT2D eigenvalue weighted by molar-refractivity contribution is -0.119. The highest BCUT2D eigenvalue weighted by Gasteiger charge is 2.22. The lowest BCUT2D eigenvalue weighted by atomic mass is 10.1. The van der Waals surface area contributed by atoms with Crippen LogP contribution in [-0.2, 0) is 11.3 Å². The third-order valence-corrected chi connectivity index (χ3v) is 4.66. The summed E-state index contributed by atoms with van der Waals surface area (Å²) in [5, 5.41) is 8.82. The van der Waals surface area contributed by atoms with Crippen molar-refractivity contribution in [1.82, 2.24) is 10.3 Å². The largest absolute Gasteiger partial charge is 0.365 e. The summed E-state index contributed by atoms with van der Waals surface area (Å²) in [7, 11) is 1.59. The van der Waals surface area contributed by atoms with Crippen molar-refractivity contribution in [3.8, 4) is 0 Å². The summed E-state index contributed by atoms with van der Waals surface area (Å²) < 4.78 is 0. The SMILES string of the molecule is CNC(=O)c1cccnc1NCc1cccc(NC(=O)C2CCCC2)c1. The molecule has 1 aromatic heterocycles. The number of hydrogen-bond donors (Lipinski definition) is 3. The molecule has 0 bridgehead atoms. The number of hydrogen-bond acceptors (Lipinski definition) is 4. The van der Waals surface area contributed by atoms with Crippen molar-refractivity contribution < 1.29 is 9.59 Å². The fraction of sp³-hybridized carbons (Fsp3) is 0.350. The molecule has 0 saturated heterocycles. The van der Waals surface area contributed by atoms with E-state index in [1.54, 1.807) is 25.4 Å². The molecule has 0 spiro atoms. The Hall–Kier alpha value is -2.89. The monoisotopic (exact) mass is 352 g/mol. The summed E-state index contributed by atoms with van der Waals surface area (Å²) in [6.45, 7) is 0.508. The normalized spacial score (nSPS) is 14.0. The zero-order chi connectivity index (χ0) is 18.4. The number of anilines is 2. The van der Waals surface area contributed by atoms with Crippen molar-refractivity contribution in [2.45, 2.75) is 32.2 Å². The molecule has 0 aliphatic heterocycles. The second-order valence-corrected chi connectivity index (χ2v) is 6.50. The Kier molecular flexibility index (Phi) is 5.84. The summed E-state index contributed by atoms with van der Waals surface area (Å²) in [5.41, 5.74) is 2.30. The van der Waals surface area contributed by atoms with E-state index in [1.807, 2.05) is 24.3 Å². The minimum absolute atomic E-state index is 0.110. The zero-order valence-electron chi connectivity index (χ0n) is 14.9. The average Bonchev–Trinajstić information content (AvgIpc) is 3.21. The Morgan fingerprint density at radius 2 is 1.96 bits per heavy atom. The molecule has 6 nitrogen and oxygen atoms in total. The van der Waals surface area contributed by atoms with Gasteiger partial charge in [-0.3, -0.25) is 9.59 Å². The molecule has 1 aliphatic rings. The van der Waals surface area contributed by atoms with Gasteiger partial charge in [0.05, 0.1) is 5.56 Å². The predicted octanol–water partition coefficient (Wildman–Crippen LogP) is 3.18. The molecule has 1 fully saturated rings. The number of nitrogens with one attached hydrogen (secondary N) is 3. The minimum atomic E-state index is -0.182. The topological polar surface area (TPSA) is 83.1 Å². The first-order chi connectivity index (χ1) is 12.7. The van der Waals surface area contributed by atoms with Gasteiger partial charge in [0.1, 0.15) is 5.82 Å². The molecule has 1 heterocycles. The lowest BCUT2D eigenvalue weighted by Crippen LogP contribution is -2.20. The van der Waals surface area contributed by atoms with Crippen molar-refractivity contribution in [1.29, 1.82) is 0 Å². The van der Waals surface area contributed by atoms with Crippen LogP contribution < -0.4 is 16.0 Å². The Labute approximate surface area is 153 Å². The zero-order valence-corrected chi connectivity index (χ0v) is 14.9. The van der Waals surface area contributed by atoms with Crippen LogP contribution in [0.3, 0.4) is 0 Å². The number of rotatable bonds is 6. The molecule has 0 unspecified atom stereocenters. The van der Waals surface area contributed by atoms with E-state index in [1.165, 1.54) is 0 Å². The third kappa shape index (κ3) is 4.39. The third-order valence-electron chi connectivity index (χ3n) is 4.66. The number of carbonyl (C=O) groups is 2. The Bertz CT molecular complexity index is 785. The van der Waals surface area contributed by atoms with Gasteiger partial charge in [-0.1, -0.05) is 25.0 Å². The first-order valence-corrected chi connectivity index (χ1v) is 8.98. The van der Waals surface area contributed by atoms with Gasteiger partial charge in [0.15, 0.2) is 0 Å². The molecule has 1 aliphatic carbocycles. The van der Waals surface area contributed by atoms with Crippen molar-refractivity contribution in [3.63, 3.8) is 0 Å². The van der Waals surface area contributed by atoms with Crippen LogP contribution in [-0.4, -0.2) is 23.8 Å². The standard InChI is InChI=1S/C20H24N4O2/c1-21-20(26)17-10-5-11-22-18(17)23-13-14-6-4-9-16(12-14)24-19(25)15-7-2-3-8-15/h4-6,9-12,15H,2-3,7-8,13H2,1H3,(H,21,26)(H,22,23)(H,24,25). The maximum Gasteiger partial charge on any atom is 0.254 e.